The summed E-state index contributed by atoms with van der Waals surface area (Å²) in [6.45, 7) is 4.85. The fraction of sp³-hybridized carbons (Fsp3) is 0.333. The van der Waals surface area contributed by atoms with E-state index >= 15 is 0 Å². The van der Waals surface area contributed by atoms with Crippen molar-refractivity contribution in [1.29, 1.82) is 0 Å². The summed E-state index contributed by atoms with van der Waals surface area (Å²) in [6, 6.07) is 3.66. The van der Waals surface area contributed by atoms with Crippen molar-refractivity contribution in [3.05, 3.63) is 35.9 Å². The second-order valence-electron chi connectivity index (χ2n) is 4.25. The normalized spacial score (nSPS) is 14.8. The first-order chi connectivity index (χ1) is 8.11. The molecule has 0 spiro atoms. The zero-order valence-electron chi connectivity index (χ0n) is 9.97. The molecule has 0 aromatic carbocycles. The highest BCUT2D eigenvalue weighted by Gasteiger charge is 2.23. The molecule has 5 heteroatoms. The van der Waals surface area contributed by atoms with Gasteiger partial charge in [-0.1, -0.05) is 13.8 Å². The minimum absolute atomic E-state index is 0.308. The monoisotopic (exact) mass is 232 g/mol. The number of allylic oxidation sites excluding steroid dienone is 1. The molecule has 1 aromatic heterocycles. The van der Waals surface area contributed by atoms with E-state index in [0.717, 1.165) is 11.4 Å². The number of hydrogen-bond donors (Lipinski definition) is 2. The summed E-state index contributed by atoms with van der Waals surface area (Å²) in [5.74, 6) is -0.137. The van der Waals surface area contributed by atoms with Gasteiger partial charge in [-0.05, 0) is 18.1 Å². The first-order valence-electron chi connectivity index (χ1n) is 5.57. The van der Waals surface area contributed by atoms with Gasteiger partial charge in [-0.15, -0.1) is 0 Å². The Kier molecular flexibility index (Phi) is 2.99. The number of pyridine rings is 1. The Morgan fingerprint density at radius 2 is 2.35 bits per heavy atom. The third-order valence-corrected chi connectivity index (χ3v) is 2.71. The van der Waals surface area contributed by atoms with E-state index in [2.05, 4.69) is 24.1 Å². The van der Waals surface area contributed by atoms with Crippen LogP contribution in [0.25, 0.3) is 0 Å². The molecule has 90 valence electrons. The zero-order valence-corrected chi connectivity index (χ0v) is 9.97. The van der Waals surface area contributed by atoms with E-state index in [1.54, 1.807) is 12.3 Å². The lowest BCUT2D eigenvalue weighted by Gasteiger charge is -2.24. The third-order valence-electron chi connectivity index (χ3n) is 2.71. The quantitative estimate of drug-likeness (QED) is 0.817. The van der Waals surface area contributed by atoms with Crippen LogP contribution < -0.4 is 16.0 Å². The van der Waals surface area contributed by atoms with Crippen LogP contribution in [-0.2, 0) is 0 Å². The van der Waals surface area contributed by atoms with Gasteiger partial charge in [0.1, 0.15) is 0 Å². The molecule has 0 saturated carbocycles. The first-order valence-corrected chi connectivity index (χ1v) is 5.57. The number of aromatic nitrogens is 1. The SMILES string of the molecule is CC(C)C1=CNCN1c1cccnc1C(N)=O. The summed E-state index contributed by atoms with van der Waals surface area (Å²) in [7, 11) is 0. The van der Waals surface area contributed by atoms with Crippen LogP contribution in [0.2, 0.25) is 0 Å². The lowest BCUT2D eigenvalue weighted by Crippen LogP contribution is -2.28. The summed E-state index contributed by atoms with van der Waals surface area (Å²) >= 11 is 0. The number of primary amides is 1. The van der Waals surface area contributed by atoms with E-state index in [9.17, 15) is 4.79 Å². The second kappa shape index (κ2) is 4.45. The number of rotatable bonds is 3. The van der Waals surface area contributed by atoms with Crippen molar-refractivity contribution in [3.8, 4) is 0 Å². The Hall–Kier alpha value is -2.04. The first kappa shape index (κ1) is 11.4. The standard InChI is InChI=1S/C12H16N4O/c1-8(2)10-6-14-7-16(10)9-4-3-5-15-11(9)12(13)17/h3-6,8,14H,7H2,1-2H3,(H2,13,17). The Morgan fingerprint density at radius 3 is 3.00 bits per heavy atom. The maximum absolute atomic E-state index is 11.3. The lowest BCUT2D eigenvalue weighted by molar-refractivity contribution is 0.0996. The summed E-state index contributed by atoms with van der Waals surface area (Å²) < 4.78 is 0. The molecule has 0 saturated heterocycles. The molecule has 0 aliphatic carbocycles. The largest absolute Gasteiger partial charge is 0.372 e. The van der Waals surface area contributed by atoms with Gasteiger partial charge in [0.25, 0.3) is 5.91 Å². The minimum Gasteiger partial charge on any atom is -0.372 e. The molecule has 1 aromatic rings. The van der Waals surface area contributed by atoms with Crippen molar-refractivity contribution in [3.63, 3.8) is 0 Å². The van der Waals surface area contributed by atoms with Gasteiger partial charge in [0.15, 0.2) is 5.69 Å². The maximum atomic E-state index is 11.3. The van der Waals surface area contributed by atoms with Crippen molar-refractivity contribution >= 4 is 11.6 Å². The van der Waals surface area contributed by atoms with Crippen LogP contribution in [0.1, 0.15) is 24.3 Å². The van der Waals surface area contributed by atoms with Crippen LogP contribution in [0.4, 0.5) is 5.69 Å². The van der Waals surface area contributed by atoms with Gasteiger partial charge >= 0.3 is 0 Å². The van der Waals surface area contributed by atoms with E-state index in [-0.39, 0.29) is 0 Å². The molecule has 0 fully saturated rings. The van der Waals surface area contributed by atoms with Crippen molar-refractivity contribution in [2.24, 2.45) is 11.7 Å². The van der Waals surface area contributed by atoms with Crippen molar-refractivity contribution in [2.75, 3.05) is 11.6 Å². The molecular formula is C12H16N4O. The molecule has 5 nitrogen and oxygen atoms in total. The summed E-state index contributed by atoms with van der Waals surface area (Å²) in [4.78, 5) is 17.4. The van der Waals surface area contributed by atoms with Crippen LogP contribution in [0.3, 0.4) is 0 Å². The molecule has 2 heterocycles. The molecule has 0 radical (unpaired) electrons. The number of amides is 1. The van der Waals surface area contributed by atoms with Gasteiger partial charge in [0.05, 0.1) is 12.4 Å². The van der Waals surface area contributed by atoms with Gasteiger partial charge in [-0.3, -0.25) is 4.79 Å². The maximum Gasteiger partial charge on any atom is 0.269 e. The van der Waals surface area contributed by atoms with Crippen LogP contribution in [0.5, 0.6) is 0 Å². The number of nitrogens with one attached hydrogen (secondary N) is 1. The van der Waals surface area contributed by atoms with Gasteiger partial charge < -0.3 is 16.0 Å². The number of carbonyl (C=O) groups excluding carboxylic acids is 1. The molecule has 1 aliphatic rings. The number of nitrogens with two attached hydrogens (primary N) is 1. The molecular weight excluding hydrogens is 216 g/mol. The zero-order chi connectivity index (χ0) is 12.4. The fourth-order valence-electron chi connectivity index (χ4n) is 1.92. The second-order valence-corrected chi connectivity index (χ2v) is 4.25. The predicted molar refractivity (Wildman–Crippen MR) is 66.2 cm³/mol. The fourth-order valence-corrected chi connectivity index (χ4v) is 1.92. The van der Waals surface area contributed by atoms with E-state index in [4.69, 9.17) is 5.73 Å². The topological polar surface area (TPSA) is 71.2 Å². The highest BCUT2D eigenvalue weighted by atomic mass is 16.1. The molecule has 0 bridgehead atoms. The van der Waals surface area contributed by atoms with E-state index in [0.29, 0.717) is 18.3 Å². The Balaban J connectivity index is 2.41. The van der Waals surface area contributed by atoms with Crippen LogP contribution in [0.15, 0.2) is 30.2 Å². The average molecular weight is 232 g/mol. The van der Waals surface area contributed by atoms with Crippen molar-refractivity contribution < 1.29 is 4.79 Å². The number of carbonyl (C=O) groups is 1. The molecule has 1 aliphatic heterocycles. The van der Waals surface area contributed by atoms with Gasteiger partial charge in [0.2, 0.25) is 0 Å². The lowest BCUT2D eigenvalue weighted by atomic mass is 10.1. The van der Waals surface area contributed by atoms with Crippen LogP contribution in [-0.4, -0.2) is 17.6 Å². The van der Waals surface area contributed by atoms with E-state index in [1.807, 2.05) is 17.2 Å². The van der Waals surface area contributed by atoms with Crippen LogP contribution >= 0.6 is 0 Å². The van der Waals surface area contributed by atoms with E-state index < -0.39 is 5.91 Å². The average Bonchev–Trinajstić information content (AvgIpc) is 2.77. The Bertz CT molecular complexity index is 467. The molecule has 0 atom stereocenters. The molecule has 17 heavy (non-hydrogen) atoms. The van der Waals surface area contributed by atoms with E-state index in [1.165, 1.54) is 0 Å². The Morgan fingerprint density at radius 1 is 1.59 bits per heavy atom. The summed E-state index contributed by atoms with van der Waals surface area (Å²) in [5, 5.41) is 3.15. The van der Waals surface area contributed by atoms with Crippen LogP contribution in [0, 0.1) is 5.92 Å². The van der Waals surface area contributed by atoms with Gasteiger partial charge in [-0.2, -0.15) is 0 Å². The van der Waals surface area contributed by atoms with Gasteiger partial charge in [0, 0.05) is 18.1 Å². The molecule has 0 unspecified atom stereocenters. The minimum atomic E-state index is -0.504. The third kappa shape index (κ3) is 2.08. The number of anilines is 1. The highest BCUT2D eigenvalue weighted by Crippen LogP contribution is 2.27. The molecule has 1 amide bonds. The number of hydrogen-bond acceptors (Lipinski definition) is 4. The predicted octanol–water partition coefficient (Wildman–Crippen LogP) is 1.04. The molecule has 3 N–H and O–H groups in total. The molecule has 2 rings (SSSR count). The van der Waals surface area contributed by atoms with Gasteiger partial charge in [-0.25, -0.2) is 4.98 Å². The smallest absolute Gasteiger partial charge is 0.269 e. The highest BCUT2D eigenvalue weighted by molar-refractivity contribution is 5.96. The Labute approximate surface area is 100 Å². The van der Waals surface area contributed by atoms with Crippen molar-refractivity contribution in [1.82, 2.24) is 10.3 Å². The summed E-state index contributed by atoms with van der Waals surface area (Å²) in [5.41, 5.74) is 7.52. The summed E-state index contributed by atoms with van der Waals surface area (Å²) in [6.07, 6.45) is 3.54. The number of nitrogens with zero attached hydrogens (tertiary/aromatic N) is 2. The van der Waals surface area contributed by atoms with Crippen molar-refractivity contribution in [2.45, 2.75) is 13.8 Å².